The van der Waals surface area contributed by atoms with Crippen LogP contribution >= 0.6 is 0 Å². The van der Waals surface area contributed by atoms with Crippen molar-refractivity contribution < 1.29 is 9.47 Å². The van der Waals surface area contributed by atoms with E-state index < -0.39 is 0 Å². The summed E-state index contributed by atoms with van der Waals surface area (Å²) in [5.41, 5.74) is 6.63. The van der Waals surface area contributed by atoms with Gasteiger partial charge in [-0.2, -0.15) is 4.98 Å². The maximum absolute atomic E-state index is 5.72. The number of allylic oxidation sites excluding steroid dienone is 2. The monoisotopic (exact) mass is 232 g/mol. The molecule has 0 saturated heterocycles. The van der Waals surface area contributed by atoms with Crippen LogP contribution in [0.25, 0.3) is 0 Å². The van der Waals surface area contributed by atoms with Gasteiger partial charge in [0.2, 0.25) is 5.88 Å². The van der Waals surface area contributed by atoms with Crippen molar-refractivity contribution in [3.8, 4) is 11.6 Å². The van der Waals surface area contributed by atoms with E-state index in [1.54, 1.807) is 24.3 Å². The Bertz CT molecular complexity index is 439. The SMILES string of the molecule is C=C/C=C(\C=C)COc1ccc(OC)nc1N. The molecule has 0 aromatic carbocycles. The zero-order valence-electron chi connectivity index (χ0n) is 9.85. The van der Waals surface area contributed by atoms with Crippen molar-refractivity contribution in [3.05, 3.63) is 49.1 Å². The fourth-order valence-electron chi connectivity index (χ4n) is 1.17. The highest BCUT2D eigenvalue weighted by molar-refractivity contribution is 5.47. The number of hydrogen-bond donors (Lipinski definition) is 1. The summed E-state index contributed by atoms with van der Waals surface area (Å²) in [5, 5.41) is 0. The molecular weight excluding hydrogens is 216 g/mol. The standard InChI is InChI=1S/C13H16N2O2/c1-4-6-10(5-2)9-17-11-7-8-12(16-3)15-13(11)14/h4-8H,1-2,9H2,3H3,(H2,14,15)/b10-6+. The Morgan fingerprint density at radius 3 is 2.76 bits per heavy atom. The zero-order chi connectivity index (χ0) is 12.7. The van der Waals surface area contributed by atoms with E-state index in [4.69, 9.17) is 15.2 Å². The Labute approximate surface area is 101 Å². The molecule has 1 aromatic rings. The molecule has 0 saturated carbocycles. The van der Waals surface area contributed by atoms with Crippen LogP contribution in [0.2, 0.25) is 0 Å². The molecule has 0 radical (unpaired) electrons. The third-order valence-corrected chi connectivity index (χ3v) is 2.06. The Kier molecular flexibility index (Phi) is 4.81. The molecule has 17 heavy (non-hydrogen) atoms. The number of nitrogens with two attached hydrogens (primary N) is 1. The molecule has 4 nitrogen and oxygen atoms in total. The van der Waals surface area contributed by atoms with Crippen LogP contribution in [0.15, 0.2) is 49.1 Å². The van der Waals surface area contributed by atoms with E-state index in [1.165, 1.54) is 7.11 Å². The second-order valence-electron chi connectivity index (χ2n) is 3.21. The molecule has 1 heterocycles. The first-order valence-corrected chi connectivity index (χ1v) is 5.08. The van der Waals surface area contributed by atoms with Gasteiger partial charge in [-0.15, -0.1) is 0 Å². The Morgan fingerprint density at radius 2 is 2.24 bits per heavy atom. The van der Waals surface area contributed by atoms with Gasteiger partial charge < -0.3 is 15.2 Å². The number of hydrogen-bond acceptors (Lipinski definition) is 4. The van der Waals surface area contributed by atoms with E-state index >= 15 is 0 Å². The van der Waals surface area contributed by atoms with Crippen LogP contribution in [0.4, 0.5) is 5.82 Å². The van der Waals surface area contributed by atoms with E-state index in [0.29, 0.717) is 24.1 Å². The van der Waals surface area contributed by atoms with Crippen molar-refractivity contribution in [2.75, 3.05) is 19.5 Å². The van der Waals surface area contributed by atoms with Crippen molar-refractivity contribution in [1.82, 2.24) is 4.98 Å². The van der Waals surface area contributed by atoms with Gasteiger partial charge in [-0.3, -0.25) is 0 Å². The first kappa shape index (κ1) is 12.8. The average Bonchev–Trinajstić information content (AvgIpc) is 2.35. The predicted molar refractivity (Wildman–Crippen MR) is 69.2 cm³/mol. The summed E-state index contributed by atoms with van der Waals surface area (Å²) in [7, 11) is 1.53. The average molecular weight is 232 g/mol. The van der Waals surface area contributed by atoms with E-state index in [2.05, 4.69) is 18.1 Å². The van der Waals surface area contributed by atoms with Crippen LogP contribution in [-0.4, -0.2) is 18.7 Å². The molecule has 90 valence electrons. The maximum atomic E-state index is 5.72. The third kappa shape index (κ3) is 3.68. The van der Waals surface area contributed by atoms with Gasteiger partial charge in [0.1, 0.15) is 6.61 Å². The molecule has 1 aromatic heterocycles. The van der Waals surface area contributed by atoms with Gasteiger partial charge in [-0.05, 0) is 11.6 Å². The van der Waals surface area contributed by atoms with Gasteiger partial charge in [0.05, 0.1) is 7.11 Å². The highest BCUT2D eigenvalue weighted by atomic mass is 16.5. The highest BCUT2D eigenvalue weighted by Crippen LogP contribution is 2.22. The predicted octanol–water partition coefficient (Wildman–Crippen LogP) is 2.35. The fourth-order valence-corrected chi connectivity index (χ4v) is 1.17. The van der Waals surface area contributed by atoms with Crippen LogP contribution in [0.5, 0.6) is 11.6 Å². The summed E-state index contributed by atoms with van der Waals surface area (Å²) in [6.07, 6.45) is 5.20. The molecular formula is C13H16N2O2. The van der Waals surface area contributed by atoms with Crippen LogP contribution in [0.3, 0.4) is 0 Å². The lowest BCUT2D eigenvalue weighted by molar-refractivity contribution is 0.352. The number of rotatable bonds is 6. The summed E-state index contributed by atoms with van der Waals surface area (Å²) >= 11 is 0. The number of methoxy groups -OCH3 is 1. The van der Waals surface area contributed by atoms with Gasteiger partial charge in [0, 0.05) is 6.07 Å². The Morgan fingerprint density at radius 1 is 1.47 bits per heavy atom. The number of nitrogen functional groups attached to an aromatic ring is 1. The molecule has 0 aliphatic rings. The molecule has 0 bridgehead atoms. The van der Waals surface area contributed by atoms with Gasteiger partial charge in [-0.25, -0.2) is 0 Å². The largest absolute Gasteiger partial charge is 0.485 e. The second-order valence-corrected chi connectivity index (χ2v) is 3.21. The minimum atomic E-state index is 0.298. The first-order valence-electron chi connectivity index (χ1n) is 5.08. The lowest BCUT2D eigenvalue weighted by atomic mass is 10.2. The summed E-state index contributed by atoms with van der Waals surface area (Å²) in [5.74, 6) is 1.27. The Hall–Kier alpha value is -2.23. The van der Waals surface area contributed by atoms with Crippen molar-refractivity contribution in [1.29, 1.82) is 0 Å². The highest BCUT2D eigenvalue weighted by Gasteiger charge is 2.04. The van der Waals surface area contributed by atoms with E-state index in [0.717, 1.165) is 5.57 Å². The van der Waals surface area contributed by atoms with Crippen LogP contribution < -0.4 is 15.2 Å². The quantitative estimate of drug-likeness (QED) is 0.765. The number of nitrogens with zero attached hydrogens (tertiary/aromatic N) is 1. The topological polar surface area (TPSA) is 57.4 Å². The number of aromatic nitrogens is 1. The lowest BCUT2D eigenvalue weighted by Crippen LogP contribution is -2.03. The molecule has 4 heteroatoms. The van der Waals surface area contributed by atoms with Crippen molar-refractivity contribution in [2.45, 2.75) is 0 Å². The molecule has 0 aliphatic carbocycles. The van der Waals surface area contributed by atoms with Crippen LogP contribution in [0, 0.1) is 0 Å². The van der Waals surface area contributed by atoms with Gasteiger partial charge in [-0.1, -0.05) is 31.4 Å². The van der Waals surface area contributed by atoms with Crippen LogP contribution in [0.1, 0.15) is 0 Å². The van der Waals surface area contributed by atoms with Gasteiger partial charge >= 0.3 is 0 Å². The first-order chi connectivity index (χ1) is 8.21. The van der Waals surface area contributed by atoms with Crippen molar-refractivity contribution in [3.63, 3.8) is 0 Å². The number of pyridine rings is 1. The smallest absolute Gasteiger partial charge is 0.215 e. The van der Waals surface area contributed by atoms with Crippen molar-refractivity contribution in [2.24, 2.45) is 0 Å². The summed E-state index contributed by atoms with van der Waals surface area (Å²) in [6, 6.07) is 3.41. The molecule has 0 aliphatic heterocycles. The molecule has 0 fully saturated rings. The maximum Gasteiger partial charge on any atom is 0.215 e. The van der Waals surface area contributed by atoms with E-state index in [9.17, 15) is 0 Å². The molecule has 0 atom stereocenters. The van der Waals surface area contributed by atoms with Gasteiger partial charge in [0.25, 0.3) is 0 Å². The van der Waals surface area contributed by atoms with E-state index in [1.807, 2.05) is 6.08 Å². The molecule has 1 rings (SSSR count). The number of anilines is 1. The summed E-state index contributed by atoms with van der Waals surface area (Å²) < 4.78 is 10.5. The molecule has 0 unspecified atom stereocenters. The van der Waals surface area contributed by atoms with Crippen molar-refractivity contribution >= 4 is 5.82 Å². The van der Waals surface area contributed by atoms with Gasteiger partial charge in [0.15, 0.2) is 11.6 Å². The normalized spacial score (nSPS) is 10.8. The molecule has 2 N–H and O–H groups in total. The zero-order valence-corrected chi connectivity index (χ0v) is 9.85. The fraction of sp³-hybridized carbons (Fsp3) is 0.154. The third-order valence-electron chi connectivity index (χ3n) is 2.06. The summed E-state index contributed by atoms with van der Waals surface area (Å²) in [4.78, 5) is 4.01. The van der Waals surface area contributed by atoms with Crippen LogP contribution in [-0.2, 0) is 0 Å². The van der Waals surface area contributed by atoms with E-state index in [-0.39, 0.29) is 0 Å². The summed E-state index contributed by atoms with van der Waals surface area (Å²) in [6.45, 7) is 7.66. The lowest BCUT2D eigenvalue weighted by Gasteiger charge is -2.09. The molecule has 0 amide bonds. The molecule has 0 spiro atoms. The number of ether oxygens (including phenoxy) is 2. The second kappa shape index (κ2) is 6.37. The minimum absolute atomic E-state index is 0.298. The minimum Gasteiger partial charge on any atom is -0.485 e. The Balaban J connectivity index is 2.72.